The van der Waals surface area contributed by atoms with Crippen LogP contribution in [0.15, 0.2) is 0 Å². The van der Waals surface area contributed by atoms with Gasteiger partial charge in [0.2, 0.25) is 5.91 Å². The number of likely N-dealkylation sites (tertiary alicyclic amines) is 1. The first kappa shape index (κ1) is 18.8. The molecule has 0 aromatic heterocycles. The van der Waals surface area contributed by atoms with Gasteiger partial charge in [-0.2, -0.15) is 0 Å². The number of nitrogens with zero attached hydrogens (tertiary/aromatic N) is 1. The summed E-state index contributed by atoms with van der Waals surface area (Å²) in [6.07, 6.45) is 3.67. The Morgan fingerprint density at radius 3 is 2.64 bits per heavy atom. The highest BCUT2D eigenvalue weighted by Crippen LogP contribution is 2.21. The van der Waals surface area contributed by atoms with Crippen LogP contribution < -0.4 is 5.32 Å². The number of rotatable bonds is 5. The molecular weight excluding hydrogens is 280 g/mol. The number of amides is 2. The van der Waals surface area contributed by atoms with Gasteiger partial charge in [0.05, 0.1) is 0 Å². The Labute approximate surface area is 134 Å². The van der Waals surface area contributed by atoms with E-state index in [1.807, 2.05) is 34.6 Å². The minimum absolute atomic E-state index is 0.0737. The van der Waals surface area contributed by atoms with Crippen molar-refractivity contribution in [2.75, 3.05) is 19.6 Å². The van der Waals surface area contributed by atoms with E-state index in [0.29, 0.717) is 12.5 Å². The second-order valence-corrected chi connectivity index (χ2v) is 7.32. The van der Waals surface area contributed by atoms with Gasteiger partial charge in [-0.25, -0.2) is 4.79 Å². The van der Waals surface area contributed by atoms with Crippen LogP contribution in [0.25, 0.3) is 0 Å². The van der Waals surface area contributed by atoms with Crippen LogP contribution in [0.2, 0.25) is 0 Å². The van der Waals surface area contributed by atoms with E-state index in [0.717, 1.165) is 38.8 Å². The summed E-state index contributed by atoms with van der Waals surface area (Å²) in [6, 6.07) is 0. The van der Waals surface area contributed by atoms with Gasteiger partial charge >= 0.3 is 6.09 Å². The molecule has 1 aliphatic rings. The molecule has 5 nitrogen and oxygen atoms in total. The quantitative estimate of drug-likeness (QED) is 0.848. The summed E-state index contributed by atoms with van der Waals surface area (Å²) in [7, 11) is 0. The van der Waals surface area contributed by atoms with Gasteiger partial charge in [-0.15, -0.1) is 0 Å². The highest BCUT2D eigenvalue weighted by molar-refractivity contribution is 5.78. The zero-order chi connectivity index (χ0) is 16.8. The Bertz CT molecular complexity index is 377. The van der Waals surface area contributed by atoms with Crippen molar-refractivity contribution in [3.05, 3.63) is 0 Å². The van der Waals surface area contributed by atoms with Crippen molar-refractivity contribution in [1.29, 1.82) is 0 Å². The molecule has 0 aromatic carbocycles. The summed E-state index contributed by atoms with van der Waals surface area (Å²) >= 11 is 0. The zero-order valence-corrected chi connectivity index (χ0v) is 14.8. The molecule has 0 aromatic rings. The molecule has 22 heavy (non-hydrogen) atoms. The summed E-state index contributed by atoms with van der Waals surface area (Å²) in [6.45, 7) is 11.8. The molecule has 2 unspecified atom stereocenters. The zero-order valence-electron chi connectivity index (χ0n) is 14.8. The largest absolute Gasteiger partial charge is 0.444 e. The van der Waals surface area contributed by atoms with Crippen molar-refractivity contribution < 1.29 is 14.3 Å². The summed E-state index contributed by atoms with van der Waals surface area (Å²) < 4.78 is 5.43. The molecular formula is C17H32N2O3. The van der Waals surface area contributed by atoms with Crippen LogP contribution in [0.1, 0.15) is 60.3 Å². The maximum Gasteiger partial charge on any atom is 0.410 e. The normalized spacial score (nSPS) is 20.4. The Morgan fingerprint density at radius 2 is 2.05 bits per heavy atom. The molecule has 2 amide bonds. The van der Waals surface area contributed by atoms with Gasteiger partial charge in [-0.1, -0.05) is 13.8 Å². The van der Waals surface area contributed by atoms with Crippen LogP contribution in [0.4, 0.5) is 4.79 Å². The van der Waals surface area contributed by atoms with Crippen molar-refractivity contribution >= 4 is 12.0 Å². The summed E-state index contributed by atoms with van der Waals surface area (Å²) in [4.78, 5) is 25.7. The summed E-state index contributed by atoms with van der Waals surface area (Å²) in [5.74, 6) is 0.644. The van der Waals surface area contributed by atoms with Crippen LogP contribution in [-0.4, -0.2) is 42.1 Å². The fourth-order valence-electron chi connectivity index (χ4n) is 2.55. The number of carbonyl (C=O) groups is 2. The molecule has 1 saturated heterocycles. The third-order valence-corrected chi connectivity index (χ3v) is 4.08. The molecule has 0 aliphatic carbocycles. The molecule has 2 atom stereocenters. The van der Waals surface area contributed by atoms with Gasteiger partial charge in [-0.3, -0.25) is 4.79 Å². The Kier molecular flexibility index (Phi) is 7.17. The van der Waals surface area contributed by atoms with E-state index >= 15 is 0 Å². The molecule has 0 bridgehead atoms. The average Bonchev–Trinajstić information content (AvgIpc) is 2.44. The van der Waals surface area contributed by atoms with Crippen LogP contribution in [0, 0.1) is 11.8 Å². The smallest absolute Gasteiger partial charge is 0.410 e. The van der Waals surface area contributed by atoms with E-state index in [1.54, 1.807) is 4.90 Å². The number of carbonyl (C=O) groups excluding carboxylic acids is 2. The second-order valence-electron chi connectivity index (χ2n) is 7.32. The number of nitrogens with one attached hydrogen (secondary N) is 1. The first-order chi connectivity index (χ1) is 10.2. The van der Waals surface area contributed by atoms with E-state index < -0.39 is 5.60 Å². The van der Waals surface area contributed by atoms with E-state index in [9.17, 15) is 9.59 Å². The molecule has 0 spiro atoms. The van der Waals surface area contributed by atoms with Crippen molar-refractivity contribution in [3.63, 3.8) is 0 Å². The number of piperidine rings is 1. The minimum atomic E-state index is -0.450. The monoisotopic (exact) mass is 312 g/mol. The maximum absolute atomic E-state index is 12.1. The molecule has 5 heteroatoms. The lowest BCUT2D eigenvalue weighted by Crippen LogP contribution is -2.43. The Hall–Kier alpha value is -1.26. The third kappa shape index (κ3) is 6.67. The van der Waals surface area contributed by atoms with Gasteiger partial charge in [0.25, 0.3) is 0 Å². The molecule has 1 fully saturated rings. The van der Waals surface area contributed by atoms with Crippen molar-refractivity contribution in [3.8, 4) is 0 Å². The van der Waals surface area contributed by atoms with Gasteiger partial charge in [0.15, 0.2) is 0 Å². The van der Waals surface area contributed by atoms with Gasteiger partial charge < -0.3 is 15.0 Å². The molecule has 1 aliphatic heterocycles. The second kappa shape index (κ2) is 8.39. The Morgan fingerprint density at radius 1 is 1.36 bits per heavy atom. The van der Waals surface area contributed by atoms with E-state index in [2.05, 4.69) is 5.32 Å². The Balaban J connectivity index is 2.34. The predicted molar refractivity (Wildman–Crippen MR) is 87.6 cm³/mol. The van der Waals surface area contributed by atoms with E-state index in [1.165, 1.54) is 0 Å². The molecule has 0 saturated carbocycles. The lowest BCUT2D eigenvalue weighted by molar-refractivity contribution is -0.124. The van der Waals surface area contributed by atoms with Crippen LogP contribution in [0.5, 0.6) is 0 Å². The molecule has 128 valence electrons. The lowest BCUT2D eigenvalue weighted by atomic mass is 9.95. The highest BCUT2D eigenvalue weighted by atomic mass is 16.6. The standard InChI is InChI=1S/C17H32N2O3/c1-6-13(2)15(20)18-10-9-14-8-7-11-19(12-14)16(21)22-17(3,4)5/h13-14H,6-12H2,1-5H3,(H,18,20). The first-order valence-corrected chi connectivity index (χ1v) is 8.48. The van der Waals surface area contributed by atoms with Crippen LogP contribution in [-0.2, 0) is 9.53 Å². The van der Waals surface area contributed by atoms with Gasteiger partial charge in [0, 0.05) is 25.6 Å². The maximum atomic E-state index is 12.1. The molecule has 1 rings (SSSR count). The molecule has 1 heterocycles. The fourth-order valence-corrected chi connectivity index (χ4v) is 2.55. The van der Waals surface area contributed by atoms with E-state index in [4.69, 9.17) is 4.74 Å². The average molecular weight is 312 g/mol. The summed E-state index contributed by atoms with van der Waals surface area (Å²) in [5.41, 5.74) is -0.450. The van der Waals surface area contributed by atoms with Crippen molar-refractivity contribution in [2.45, 2.75) is 65.9 Å². The highest BCUT2D eigenvalue weighted by Gasteiger charge is 2.27. The number of hydrogen-bond acceptors (Lipinski definition) is 3. The van der Waals surface area contributed by atoms with Gasteiger partial charge in [0.1, 0.15) is 5.60 Å². The number of hydrogen-bond donors (Lipinski definition) is 1. The SMILES string of the molecule is CCC(C)C(=O)NCCC1CCCN(C(=O)OC(C)(C)C)C1. The first-order valence-electron chi connectivity index (χ1n) is 8.48. The molecule has 1 N–H and O–H groups in total. The topological polar surface area (TPSA) is 58.6 Å². The van der Waals surface area contributed by atoms with Crippen LogP contribution >= 0.6 is 0 Å². The van der Waals surface area contributed by atoms with Crippen LogP contribution in [0.3, 0.4) is 0 Å². The molecule has 0 radical (unpaired) electrons. The number of ether oxygens (including phenoxy) is 1. The van der Waals surface area contributed by atoms with Crippen molar-refractivity contribution in [1.82, 2.24) is 10.2 Å². The fraction of sp³-hybridized carbons (Fsp3) is 0.882. The van der Waals surface area contributed by atoms with Gasteiger partial charge in [-0.05, 0) is 52.4 Å². The predicted octanol–water partition coefficient (Wildman–Crippen LogP) is 3.19. The minimum Gasteiger partial charge on any atom is -0.444 e. The summed E-state index contributed by atoms with van der Waals surface area (Å²) in [5, 5.41) is 2.99. The van der Waals surface area contributed by atoms with Crippen molar-refractivity contribution in [2.24, 2.45) is 11.8 Å². The third-order valence-electron chi connectivity index (χ3n) is 4.08. The van der Waals surface area contributed by atoms with E-state index in [-0.39, 0.29) is 17.9 Å². The lowest BCUT2D eigenvalue weighted by Gasteiger charge is -2.34.